The van der Waals surface area contributed by atoms with E-state index in [4.69, 9.17) is 0 Å². The normalized spacial score (nSPS) is 15.7. The van der Waals surface area contributed by atoms with Crippen molar-refractivity contribution >= 4 is 45.4 Å². The Kier molecular flexibility index (Phi) is 11.4. The van der Waals surface area contributed by atoms with Crippen LogP contribution in [0.25, 0.3) is 10.8 Å². The first kappa shape index (κ1) is 28.0. The fraction of sp³-hybridized carbons (Fsp3) is 0.423. The molecular formula is C26H37N5O3S. The highest BCUT2D eigenvalue weighted by Gasteiger charge is 2.16. The van der Waals surface area contributed by atoms with Gasteiger partial charge in [-0.25, -0.2) is 4.79 Å². The summed E-state index contributed by atoms with van der Waals surface area (Å²) in [6.07, 6.45) is 3.56. The molecule has 0 spiro atoms. The van der Waals surface area contributed by atoms with Crippen molar-refractivity contribution in [2.45, 2.75) is 34.1 Å². The van der Waals surface area contributed by atoms with Crippen LogP contribution in [0.5, 0.6) is 0 Å². The van der Waals surface area contributed by atoms with Crippen molar-refractivity contribution in [1.29, 1.82) is 0 Å². The molecule has 1 saturated heterocycles. The fourth-order valence-electron chi connectivity index (χ4n) is 3.41. The van der Waals surface area contributed by atoms with Crippen LogP contribution in [0, 0.1) is 5.92 Å². The number of rotatable bonds is 4. The monoisotopic (exact) mass is 499 g/mol. The minimum atomic E-state index is -0.663. The van der Waals surface area contributed by atoms with Gasteiger partial charge in [-0.05, 0) is 34.9 Å². The lowest BCUT2D eigenvalue weighted by Crippen LogP contribution is -2.36. The van der Waals surface area contributed by atoms with Crippen LogP contribution < -0.4 is 10.6 Å². The molecular weight excluding hydrogens is 462 g/mol. The second-order valence-corrected chi connectivity index (χ2v) is 9.89. The quantitative estimate of drug-likeness (QED) is 0.611. The van der Waals surface area contributed by atoms with Gasteiger partial charge in [-0.1, -0.05) is 58.0 Å². The SMILES string of the molecule is CC.CC(C)C1=NN(C)C(NC(=O)Nc2ccc3ccccc3c2)=CC1.O=CN1CCS(=O)CC1. The molecule has 2 heterocycles. The van der Waals surface area contributed by atoms with E-state index >= 15 is 0 Å². The lowest BCUT2D eigenvalue weighted by Gasteiger charge is -2.25. The van der Waals surface area contributed by atoms with Gasteiger partial charge in [-0.15, -0.1) is 0 Å². The third kappa shape index (κ3) is 8.83. The van der Waals surface area contributed by atoms with Crippen LogP contribution in [0.2, 0.25) is 0 Å². The second kappa shape index (κ2) is 14.3. The van der Waals surface area contributed by atoms with Gasteiger partial charge in [-0.3, -0.25) is 19.3 Å². The van der Waals surface area contributed by atoms with E-state index in [9.17, 15) is 13.8 Å². The molecule has 2 N–H and O–H groups in total. The number of hydrazone groups is 1. The molecule has 2 aliphatic rings. The maximum atomic E-state index is 12.2. The molecule has 2 aromatic rings. The van der Waals surface area contributed by atoms with Gasteiger partial charge >= 0.3 is 6.03 Å². The highest BCUT2D eigenvalue weighted by atomic mass is 32.2. The molecule has 8 nitrogen and oxygen atoms in total. The maximum absolute atomic E-state index is 12.2. The van der Waals surface area contributed by atoms with E-state index < -0.39 is 10.8 Å². The second-order valence-electron chi connectivity index (χ2n) is 8.19. The van der Waals surface area contributed by atoms with Gasteiger partial charge in [0, 0.05) is 60.3 Å². The lowest BCUT2D eigenvalue weighted by molar-refractivity contribution is -0.117. The van der Waals surface area contributed by atoms with Gasteiger partial charge in [0.25, 0.3) is 0 Å². The third-order valence-electron chi connectivity index (χ3n) is 5.41. The van der Waals surface area contributed by atoms with Crippen LogP contribution in [0.15, 0.2) is 59.5 Å². The molecule has 35 heavy (non-hydrogen) atoms. The summed E-state index contributed by atoms with van der Waals surface area (Å²) in [7, 11) is 1.17. The number of nitrogens with zero attached hydrogens (tertiary/aromatic N) is 3. The number of allylic oxidation sites excluding steroid dienone is 1. The third-order valence-corrected chi connectivity index (χ3v) is 6.68. The van der Waals surface area contributed by atoms with Crippen LogP contribution in [-0.2, 0) is 15.6 Å². The predicted molar refractivity (Wildman–Crippen MR) is 146 cm³/mol. The lowest BCUT2D eigenvalue weighted by atomic mass is 10.0. The standard InChI is InChI=1S/C19H22N4O.C5H9NO2S.C2H6/c1-13(2)17-10-11-18(23(3)22-17)21-19(24)20-16-9-8-14-6-4-5-7-15(14)12-16;7-5-6-1-3-9(8)4-2-6;1-2/h4-9,11-13H,10H2,1-3H3,(H2,20,21,24);5H,1-4H2;1-2H3. The number of urea groups is 1. The Labute approximate surface area is 210 Å². The summed E-state index contributed by atoms with van der Waals surface area (Å²) in [6, 6.07) is 13.6. The number of fused-ring (bicyclic) bond motifs is 1. The molecule has 4 rings (SSSR count). The minimum absolute atomic E-state index is 0.272. The Hall–Kier alpha value is -3.20. The molecule has 0 aromatic heterocycles. The summed E-state index contributed by atoms with van der Waals surface area (Å²) < 4.78 is 10.7. The number of amides is 3. The Morgan fingerprint density at radius 3 is 2.31 bits per heavy atom. The van der Waals surface area contributed by atoms with Crippen molar-refractivity contribution in [2.75, 3.05) is 37.0 Å². The van der Waals surface area contributed by atoms with Crippen molar-refractivity contribution in [3.05, 3.63) is 54.4 Å². The summed E-state index contributed by atoms with van der Waals surface area (Å²) in [4.78, 5) is 24.0. The summed E-state index contributed by atoms with van der Waals surface area (Å²) in [5.74, 6) is 2.40. The van der Waals surface area contributed by atoms with Gasteiger partial charge in [0.15, 0.2) is 0 Å². The topological polar surface area (TPSA) is 94.1 Å². The molecule has 0 unspecified atom stereocenters. The van der Waals surface area contributed by atoms with Gasteiger partial charge < -0.3 is 10.2 Å². The van der Waals surface area contributed by atoms with E-state index in [1.807, 2.05) is 69.4 Å². The van der Waals surface area contributed by atoms with E-state index in [1.54, 1.807) is 9.91 Å². The van der Waals surface area contributed by atoms with Gasteiger partial charge in [0.1, 0.15) is 5.82 Å². The van der Waals surface area contributed by atoms with Crippen LogP contribution in [0.3, 0.4) is 0 Å². The fourth-order valence-corrected chi connectivity index (χ4v) is 4.49. The zero-order chi connectivity index (χ0) is 25.8. The summed E-state index contributed by atoms with van der Waals surface area (Å²) in [5.41, 5.74) is 1.87. The van der Waals surface area contributed by atoms with Crippen molar-refractivity contribution in [2.24, 2.45) is 11.0 Å². The maximum Gasteiger partial charge on any atom is 0.324 e. The molecule has 0 radical (unpaired) electrons. The minimum Gasteiger partial charge on any atom is -0.343 e. The van der Waals surface area contributed by atoms with Crippen molar-refractivity contribution in [3.8, 4) is 0 Å². The van der Waals surface area contributed by atoms with Crippen LogP contribution in [-0.4, -0.2) is 63.9 Å². The van der Waals surface area contributed by atoms with Gasteiger partial charge in [-0.2, -0.15) is 5.10 Å². The molecule has 0 aliphatic carbocycles. The van der Waals surface area contributed by atoms with Crippen LogP contribution in [0.4, 0.5) is 10.5 Å². The van der Waals surface area contributed by atoms with Crippen molar-refractivity contribution in [3.63, 3.8) is 0 Å². The molecule has 1 fully saturated rings. The Bertz CT molecular complexity index is 1070. The van der Waals surface area contributed by atoms with Crippen molar-refractivity contribution in [1.82, 2.24) is 15.2 Å². The number of nitrogens with one attached hydrogen (secondary N) is 2. The molecule has 2 aromatic carbocycles. The largest absolute Gasteiger partial charge is 0.343 e. The average molecular weight is 500 g/mol. The first-order valence-electron chi connectivity index (χ1n) is 12.0. The Morgan fingerprint density at radius 2 is 1.71 bits per heavy atom. The summed E-state index contributed by atoms with van der Waals surface area (Å²) in [5, 5.41) is 14.2. The predicted octanol–water partition coefficient (Wildman–Crippen LogP) is 4.38. The molecule has 190 valence electrons. The van der Waals surface area contributed by atoms with Gasteiger partial charge in [0.2, 0.25) is 6.41 Å². The first-order chi connectivity index (χ1) is 16.9. The summed E-state index contributed by atoms with van der Waals surface area (Å²) >= 11 is 0. The Balaban J connectivity index is 0.000000329. The van der Waals surface area contributed by atoms with Crippen LogP contribution >= 0.6 is 0 Å². The number of hydrogen-bond acceptors (Lipinski definition) is 5. The van der Waals surface area contributed by atoms with E-state index in [1.165, 1.54) is 0 Å². The smallest absolute Gasteiger partial charge is 0.324 e. The van der Waals surface area contributed by atoms with Crippen LogP contribution in [0.1, 0.15) is 34.1 Å². The van der Waals surface area contributed by atoms with Crippen molar-refractivity contribution < 1.29 is 13.8 Å². The highest BCUT2D eigenvalue weighted by molar-refractivity contribution is 7.85. The highest BCUT2D eigenvalue weighted by Crippen LogP contribution is 2.19. The number of anilines is 1. The molecule has 2 aliphatic heterocycles. The average Bonchev–Trinajstić information content (AvgIpc) is 2.87. The number of carbonyl (C=O) groups excluding carboxylic acids is 2. The van der Waals surface area contributed by atoms with E-state index in [0.29, 0.717) is 36.3 Å². The molecule has 0 saturated carbocycles. The Morgan fingerprint density at radius 1 is 1.06 bits per heavy atom. The molecule has 9 heteroatoms. The molecule has 0 bridgehead atoms. The van der Waals surface area contributed by atoms with Gasteiger partial charge in [0.05, 0.1) is 0 Å². The zero-order valence-corrected chi connectivity index (χ0v) is 22.1. The number of carbonyl (C=O) groups is 2. The first-order valence-corrected chi connectivity index (χ1v) is 13.5. The van der Waals surface area contributed by atoms with E-state index in [-0.39, 0.29) is 6.03 Å². The molecule has 3 amide bonds. The summed E-state index contributed by atoms with van der Waals surface area (Å²) in [6.45, 7) is 9.56. The molecule has 0 atom stereocenters. The zero-order valence-electron chi connectivity index (χ0n) is 21.3. The number of benzene rings is 2. The number of hydrogen-bond donors (Lipinski definition) is 2. The van der Waals surface area contributed by atoms with E-state index in [0.717, 1.165) is 35.0 Å². The van der Waals surface area contributed by atoms with E-state index in [2.05, 4.69) is 29.6 Å².